The zero-order valence-electron chi connectivity index (χ0n) is 15.3. The molecule has 0 fully saturated rings. The van der Waals surface area contributed by atoms with Gasteiger partial charge in [-0.05, 0) is 11.4 Å². The van der Waals surface area contributed by atoms with Crippen molar-refractivity contribution < 1.29 is 14.3 Å². The molecule has 1 amide bonds. The van der Waals surface area contributed by atoms with Crippen molar-refractivity contribution in [3.8, 4) is 0 Å². The van der Waals surface area contributed by atoms with E-state index in [-0.39, 0.29) is 36.3 Å². The third-order valence-electron chi connectivity index (χ3n) is 4.21. The van der Waals surface area contributed by atoms with Gasteiger partial charge in [-0.15, -0.1) is 11.3 Å². The molecular formula is C17H19N5O5S. The summed E-state index contributed by atoms with van der Waals surface area (Å²) in [6.45, 7) is 0. The van der Waals surface area contributed by atoms with Gasteiger partial charge in [-0.3, -0.25) is 23.9 Å². The molecule has 0 saturated carbocycles. The van der Waals surface area contributed by atoms with Crippen molar-refractivity contribution in [2.75, 3.05) is 7.11 Å². The van der Waals surface area contributed by atoms with Gasteiger partial charge in [-0.1, -0.05) is 6.07 Å². The third-order valence-corrected chi connectivity index (χ3v) is 5.20. The summed E-state index contributed by atoms with van der Waals surface area (Å²) in [6.07, 6.45) is 0.364. The number of aromatic amines is 2. The lowest BCUT2D eigenvalue weighted by Crippen LogP contribution is -2.30. The van der Waals surface area contributed by atoms with Crippen LogP contribution in [0.5, 0.6) is 0 Å². The summed E-state index contributed by atoms with van der Waals surface area (Å²) in [5, 5.41) is 4.69. The Bertz CT molecular complexity index is 1110. The highest BCUT2D eigenvalue weighted by molar-refractivity contribution is 7.10. The largest absolute Gasteiger partial charge is 0.469 e. The van der Waals surface area contributed by atoms with Crippen LogP contribution in [0.25, 0.3) is 11.2 Å². The number of esters is 1. The number of nitrogens with one attached hydrogen (secondary N) is 3. The molecule has 11 heteroatoms. The number of ether oxygens (including phenoxy) is 1. The van der Waals surface area contributed by atoms with Gasteiger partial charge in [0.05, 0.1) is 19.6 Å². The van der Waals surface area contributed by atoms with E-state index in [0.29, 0.717) is 5.82 Å². The van der Waals surface area contributed by atoms with Crippen LogP contribution in [0.2, 0.25) is 0 Å². The molecule has 3 rings (SSSR count). The normalized spacial score (nSPS) is 12.1. The number of thiophene rings is 1. The minimum atomic E-state index is -0.560. The molecule has 1 atom stereocenters. The fourth-order valence-corrected chi connectivity index (χ4v) is 3.51. The molecule has 0 spiro atoms. The van der Waals surface area contributed by atoms with Gasteiger partial charge in [0.25, 0.3) is 5.56 Å². The Morgan fingerprint density at radius 2 is 2.14 bits per heavy atom. The molecule has 0 aliphatic carbocycles. The molecule has 0 radical (unpaired) electrons. The topological polar surface area (TPSA) is 139 Å². The molecule has 3 aromatic rings. The van der Waals surface area contributed by atoms with Crippen molar-refractivity contribution in [2.24, 2.45) is 7.05 Å². The van der Waals surface area contributed by atoms with Crippen molar-refractivity contribution >= 4 is 34.4 Å². The maximum absolute atomic E-state index is 12.4. The highest BCUT2D eigenvalue weighted by Crippen LogP contribution is 2.22. The average Bonchev–Trinajstić information content (AvgIpc) is 3.34. The smallest absolute Gasteiger partial charge is 0.329 e. The van der Waals surface area contributed by atoms with Crippen LogP contribution in [0.1, 0.15) is 29.6 Å². The lowest BCUT2D eigenvalue weighted by atomic mass is 10.1. The van der Waals surface area contributed by atoms with E-state index in [4.69, 9.17) is 4.74 Å². The highest BCUT2D eigenvalue weighted by Gasteiger charge is 2.20. The zero-order chi connectivity index (χ0) is 20.3. The van der Waals surface area contributed by atoms with Gasteiger partial charge in [0.2, 0.25) is 5.91 Å². The number of rotatable bonds is 7. The second-order valence-corrected chi connectivity index (χ2v) is 7.10. The van der Waals surface area contributed by atoms with E-state index in [2.05, 4.69) is 20.3 Å². The van der Waals surface area contributed by atoms with Crippen molar-refractivity contribution in [2.45, 2.75) is 25.3 Å². The molecule has 0 aromatic carbocycles. The molecule has 148 valence electrons. The number of carbonyl (C=O) groups is 2. The Balaban J connectivity index is 1.69. The number of aryl methyl sites for hydroxylation is 2. The Labute approximate surface area is 162 Å². The van der Waals surface area contributed by atoms with E-state index in [9.17, 15) is 19.2 Å². The van der Waals surface area contributed by atoms with E-state index in [1.165, 1.54) is 30.1 Å². The predicted octanol–water partition coefficient (Wildman–Crippen LogP) is 0.365. The minimum absolute atomic E-state index is 0.0326. The third kappa shape index (κ3) is 4.19. The van der Waals surface area contributed by atoms with Gasteiger partial charge in [0.15, 0.2) is 5.65 Å². The van der Waals surface area contributed by atoms with E-state index in [0.717, 1.165) is 4.88 Å². The fourth-order valence-electron chi connectivity index (χ4n) is 2.73. The number of hydrogen-bond acceptors (Lipinski definition) is 7. The van der Waals surface area contributed by atoms with Crippen LogP contribution in [-0.4, -0.2) is 38.5 Å². The number of imidazole rings is 1. The number of hydrogen-bond donors (Lipinski definition) is 3. The van der Waals surface area contributed by atoms with E-state index in [1.54, 1.807) is 0 Å². The first kappa shape index (κ1) is 19.5. The monoisotopic (exact) mass is 405 g/mol. The van der Waals surface area contributed by atoms with Crippen molar-refractivity contribution in [3.05, 3.63) is 49.1 Å². The zero-order valence-corrected chi connectivity index (χ0v) is 16.1. The summed E-state index contributed by atoms with van der Waals surface area (Å²) in [5.41, 5.74) is -0.710. The van der Waals surface area contributed by atoms with Gasteiger partial charge in [0, 0.05) is 24.8 Å². The molecule has 1 unspecified atom stereocenters. The maximum atomic E-state index is 12.4. The lowest BCUT2D eigenvalue weighted by molar-refractivity contribution is -0.141. The average molecular weight is 405 g/mol. The molecular weight excluding hydrogens is 386 g/mol. The number of aromatic nitrogens is 4. The first-order valence-corrected chi connectivity index (χ1v) is 9.34. The molecule has 3 heterocycles. The van der Waals surface area contributed by atoms with Crippen LogP contribution in [0.3, 0.4) is 0 Å². The summed E-state index contributed by atoms with van der Waals surface area (Å²) < 4.78 is 5.92. The van der Waals surface area contributed by atoms with Gasteiger partial charge >= 0.3 is 11.7 Å². The Morgan fingerprint density at radius 3 is 2.82 bits per heavy atom. The van der Waals surface area contributed by atoms with Crippen molar-refractivity contribution in [1.82, 2.24) is 24.8 Å². The number of methoxy groups -OCH3 is 1. The van der Waals surface area contributed by atoms with Crippen LogP contribution in [0.4, 0.5) is 0 Å². The number of carbonyl (C=O) groups excluding carboxylic acids is 2. The first-order chi connectivity index (χ1) is 13.4. The summed E-state index contributed by atoms with van der Waals surface area (Å²) in [4.78, 5) is 57.6. The van der Waals surface area contributed by atoms with E-state index in [1.807, 2.05) is 17.5 Å². The van der Waals surface area contributed by atoms with Crippen LogP contribution < -0.4 is 16.6 Å². The van der Waals surface area contributed by atoms with Gasteiger partial charge in [-0.2, -0.15) is 0 Å². The minimum Gasteiger partial charge on any atom is -0.469 e. The number of nitrogens with zero attached hydrogens (tertiary/aromatic N) is 2. The van der Waals surface area contributed by atoms with Gasteiger partial charge in [-0.25, -0.2) is 9.78 Å². The standard InChI is InChI=1S/C17H19N5O5S/c1-22-15-14(16(25)21-17(22)26)19-11(20-15)5-6-12(23)18-9(8-13(24)27-2)10-4-3-7-28-10/h3-4,7,9H,5-6,8H2,1-2H3,(H,18,23)(H,19,20)(H,21,25,26). The summed E-state index contributed by atoms with van der Waals surface area (Å²) in [6, 6.07) is 3.20. The SMILES string of the molecule is COC(=O)CC(NC(=O)CCc1nc2c([nH]1)c(=O)[nH]c(=O)n2C)c1cccs1. The second-order valence-electron chi connectivity index (χ2n) is 6.12. The summed E-state index contributed by atoms with van der Waals surface area (Å²) in [7, 11) is 2.79. The van der Waals surface area contributed by atoms with Crippen LogP contribution in [-0.2, 0) is 27.8 Å². The van der Waals surface area contributed by atoms with Crippen LogP contribution >= 0.6 is 11.3 Å². The summed E-state index contributed by atoms with van der Waals surface area (Å²) in [5.74, 6) is -0.279. The molecule has 10 nitrogen and oxygen atoms in total. The van der Waals surface area contributed by atoms with E-state index >= 15 is 0 Å². The van der Waals surface area contributed by atoms with Crippen LogP contribution in [0.15, 0.2) is 27.1 Å². The van der Waals surface area contributed by atoms with Crippen molar-refractivity contribution in [3.63, 3.8) is 0 Å². The highest BCUT2D eigenvalue weighted by atomic mass is 32.1. The molecule has 0 saturated heterocycles. The van der Waals surface area contributed by atoms with Crippen LogP contribution in [0, 0.1) is 0 Å². The quantitative estimate of drug-likeness (QED) is 0.485. The molecule has 0 bridgehead atoms. The van der Waals surface area contributed by atoms with Gasteiger partial charge < -0.3 is 15.0 Å². The Hall–Kier alpha value is -3.21. The second kappa shape index (κ2) is 8.21. The van der Waals surface area contributed by atoms with E-state index < -0.39 is 23.3 Å². The summed E-state index contributed by atoms with van der Waals surface area (Å²) >= 11 is 1.44. The number of amides is 1. The lowest BCUT2D eigenvalue weighted by Gasteiger charge is -2.16. The number of fused-ring (bicyclic) bond motifs is 1. The predicted molar refractivity (Wildman–Crippen MR) is 102 cm³/mol. The van der Waals surface area contributed by atoms with Crippen molar-refractivity contribution in [1.29, 1.82) is 0 Å². The Morgan fingerprint density at radius 1 is 1.36 bits per heavy atom. The molecule has 28 heavy (non-hydrogen) atoms. The Kier molecular flexibility index (Phi) is 5.73. The fraction of sp³-hybridized carbons (Fsp3) is 0.353. The van der Waals surface area contributed by atoms with Gasteiger partial charge in [0.1, 0.15) is 11.3 Å². The first-order valence-electron chi connectivity index (χ1n) is 8.46. The molecule has 0 aliphatic heterocycles. The maximum Gasteiger partial charge on any atom is 0.329 e. The molecule has 0 aliphatic rings. The molecule has 3 aromatic heterocycles. The molecule has 3 N–H and O–H groups in total. The number of H-pyrrole nitrogens is 2.